The number of thiazole rings is 1. The molecule has 0 aliphatic heterocycles. The molecule has 1 aromatic heterocycles. The fraction of sp³-hybridized carbons (Fsp3) is 0.812. The van der Waals surface area contributed by atoms with Crippen molar-refractivity contribution in [1.82, 2.24) is 10.3 Å². The van der Waals surface area contributed by atoms with Gasteiger partial charge in [0.15, 0.2) is 5.13 Å². The van der Waals surface area contributed by atoms with Crippen LogP contribution in [0.4, 0.5) is 5.13 Å². The van der Waals surface area contributed by atoms with Crippen LogP contribution in [-0.4, -0.2) is 25.1 Å². The Morgan fingerprint density at radius 1 is 1.30 bits per heavy atom. The second-order valence-corrected chi connectivity index (χ2v) is 6.84. The predicted octanol–water partition coefficient (Wildman–Crippen LogP) is 4.15. The van der Waals surface area contributed by atoms with Crippen molar-refractivity contribution in [3.63, 3.8) is 0 Å². The lowest BCUT2D eigenvalue weighted by atomic mass is 9.98. The van der Waals surface area contributed by atoms with E-state index < -0.39 is 0 Å². The van der Waals surface area contributed by atoms with Gasteiger partial charge >= 0.3 is 0 Å². The minimum atomic E-state index is 0.550. The van der Waals surface area contributed by atoms with Gasteiger partial charge in [0.2, 0.25) is 0 Å². The molecular weight excluding hydrogens is 266 g/mol. The third-order valence-electron chi connectivity index (χ3n) is 4.00. The molecule has 0 radical (unpaired) electrons. The van der Waals surface area contributed by atoms with Gasteiger partial charge in [-0.3, -0.25) is 0 Å². The normalized spacial score (nSPS) is 18.1. The van der Waals surface area contributed by atoms with Crippen LogP contribution in [0.25, 0.3) is 0 Å². The van der Waals surface area contributed by atoms with Gasteiger partial charge in [-0.05, 0) is 38.6 Å². The third-order valence-corrected chi connectivity index (χ3v) is 5.33. The molecule has 114 valence electrons. The van der Waals surface area contributed by atoms with Crippen LogP contribution in [0.1, 0.15) is 69.0 Å². The lowest BCUT2D eigenvalue weighted by molar-refractivity contribution is 0.464. The number of unbranched alkanes of at least 4 members (excludes halogenated alkanes) is 2. The minimum Gasteiger partial charge on any atom is -0.351 e. The Morgan fingerprint density at radius 3 is 2.90 bits per heavy atom. The monoisotopic (exact) mass is 295 g/mol. The molecule has 2 rings (SSSR count). The fourth-order valence-corrected chi connectivity index (χ4v) is 3.99. The molecule has 0 bridgehead atoms. The van der Waals surface area contributed by atoms with Gasteiger partial charge in [-0.1, -0.05) is 38.0 Å². The van der Waals surface area contributed by atoms with Crippen LogP contribution in [0.5, 0.6) is 0 Å². The van der Waals surface area contributed by atoms with Crippen LogP contribution in [0.3, 0.4) is 0 Å². The van der Waals surface area contributed by atoms with Gasteiger partial charge in [-0.2, -0.15) is 0 Å². The first kappa shape index (κ1) is 15.8. The molecule has 1 N–H and O–H groups in total. The zero-order valence-corrected chi connectivity index (χ0v) is 14.1. The Labute approximate surface area is 127 Å². The predicted molar refractivity (Wildman–Crippen MR) is 88.9 cm³/mol. The van der Waals surface area contributed by atoms with Crippen LogP contribution in [0.15, 0.2) is 0 Å². The number of hydrogen-bond acceptors (Lipinski definition) is 4. The second kappa shape index (κ2) is 7.99. The highest BCUT2D eigenvalue weighted by molar-refractivity contribution is 7.15. The molecule has 1 heterocycles. The second-order valence-electron chi connectivity index (χ2n) is 5.83. The molecule has 1 aliphatic rings. The number of nitrogens with zero attached hydrogens (tertiary/aromatic N) is 2. The summed E-state index contributed by atoms with van der Waals surface area (Å²) in [6, 6.07) is 0.550. The van der Waals surface area contributed by atoms with Crippen molar-refractivity contribution in [2.75, 3.05) is 25.0 Å². The van der Waals surface area contributed by atoms with E-state index in [0.717, 1.165) is 13.1 Å². The van der Waals surface area contributed by atoms with Crippen LogP contribution >= 0.6 is 11.3 Å². The molecule has 0 amide bonds. The van der Waals surface area contributed by atoms with E-state index in [-0.39, 0.29) is 0 Å². The number of hydrogen-bond donors (Lipinski definition) is 1. The molecule has 0 fully saturated rings. The summed E-state index contributed by atoms with van der Waals surface area (Å²) in [4.78, 5) is 8.74. The standard InChI is InChI=1S/C16H29N3S/c1-4-6-7-12-19(3)16-18-14-10-8-9-13(15(14)20-16)17-11-5-2/h13,17H,4-12H2,1-3H3. The topological polar surface area (TPSA) is 28.2 Å². The van der Waals surface area contributed by atoms with Gasteiger partial charge in [0.25, 0.3) is 0 Å². The Balaban J connectivity index is 2.01. The molecule has 20 heavy (non-hydrogen) atoms. The van der Waals surface area contributed by atoms with Crippen molar-refractivity contribution in [2.24, 2.45) is 0 Å². The largest absolute Gasteiger partial charge is 0.351 e. The number of aromatic nitrogens is 1. The molecule has 3 nitrogen and oxygen atoms in total. The zero-order valence-electron chi connectivity index (χ0n) is 13.2. The number of anilines is 1. The highest BCUT2D eigenvalue weighted by atomic mass is 32.1. The highest BCUT2D eigenvalue weighted by Crippen LogP contribution is 2.37. The summed E-state index contributed by atoms with van der Waals surface area (Å²) in [6.45, 7) is 6.74. The minimum absolute atomic E-state index is 0.550. The van der Waals surface area contributed by atoms with Gasteiger partial charge in [0.05, 0.1) is 5.69 Å². The summed E-state index contributed by atoms with van der Waals surface area (Å²) in [5.41, 5.74) is 1.35. The number of nitrogens with one attached hydrogen (secondary N) is 1. The first-order valence-electron chi connectivity index (χ1n) is 8.20. The Hall–Kier alpha value is -0.610. The van der Waals surface area contributed by atoms with Gasteiger partial charge in [0, 0.05) is 24.5 Å². The van der Waals surface area contributed by atoms with Gasteiger partial charge < -0.3 is 10.2 Å². The van der Waals surface area contributed by atoms with Gasteiger partial charge in [-0.25, -0.2) is 4.98 Å². The quantitative estimate of drug-likeness (QED) is 0.730. The average Bonchev–Trinajstić information content (AvgIpc) is 2.90. The van der Waals surface area contributed by atoms with Gasteiger partial charge in [0.1, 0.15) is 0 Å². The van der Waals surface area contributed by atoms with Crippen LogP contribution < -0.4 is 10.2 Å². The molecule has 0 saturated carbocycles. The van der Waals surface area contributed by atoms with Gasteiger partial charge in [-0.15, -0.1) is 0 Å². The summed E-state index contributed by atoms with van der Waals surface area (Å²) in [6.07, 6.45) is 8.79. The number of fused-ring (bicyclic) bond motifs is 1. The molecular formula is C16H29N3S. The molecule has 0 spiro atoms. The highest BCUT2D eigenvalue weighted by Gasteiger charge is 2.24. The van der Waals surface area contributed by atoms with E-state index >= 15 is 0 Å². The van der Waals surface area contributed by atoms with Crippen LogP contribution in [-0.2, 0) is 6.42 Å². The summed E-state index contributed by atoms with van der Waals surface area (Å²) in [7, 11) is 2.19. The van der Waals surface area contributed by atoms with E-state index in [1.165, 1.54) is 60.6 Å². The average molecular weight is 295 g/mol. The fourth-order valence-electron chi connectivity index (χ4n) is 2.78. The van der Waals surface area contributed by atoms with Crippen LogP contribution in [0, 0.1) is 0 Å². The Kier molecular flexibility index (Phi) is 6.30. The maximum atomic E-state index is 4.89. The van der Waals surface area contributed by atoms with Crippen molar-refractivity contribution in [3.05, 3.63) is 10.6 Å². The first-order chi connectivity index (χ1) is 9.76. The van der Waals surface area contributed by atoms with Crippen molar-refractivity contribution in [1.29, 1.82) is 0 Å². The molecule has 4 heteroatoms. The smallest absolute Gasteiger partial charge is 0.185 e. The summed E-state index contributed by atoms with van der Waals surface area (Å²) < 4.78 is 0. The van der Waals surface area contributed by atoms with Crippen molar-refractivity contribution in [2.45, 2.75) is 64.8 Å². The zero-order chi connectivity index (χ0) is 14.4. The van der Waals surface area contributed by atoms with E-state index in [1.54, 1.807) is 0 Å². The van der Waals surface area contributed by atoms with E-state index in [4.69, 9.17) is 4.98 Å². The Bertz CT molecular complexity index is 402. The third kappa shape index (κ3) is 3.95. The summed E-state index contributed by atoms with van der Waals surface area (Å²) in [5, 5.41) is 4.90. The van der Waals surface area contributed by atoms with Crippen molar-refractivity contribution in [3.8, 4) is 0 Å². The molecule has 1 aromatic rings. The van der Waals surface area contributed by atoms with E-state index in [1.807, 2.05) is 11.3 Å². The number of aryl methyl sites for hydroxylation is 1. The van der Waals surface area contributed by atoms with Crippen molar-refractivity contribution >= 4 is 16.5 Å². The summed E-state index contributed by atoms with van der Waals surface area (Å²) >= 11 is 1.91. The van der Waals surface area contributed by atoms with Crippen LogP contribution in [0.2, 0.25) is 0 Å². The molecule has 1 atom stereocenters. The molecule has 0 saturated heterocycles. The number of rotatable bonds is 8. The van der Waals surface area contributed by atoms with E-state index in [2.05, 4.69) is 31.1 Å². The molecule has 0 aromatic carbocycles. The SMILES string of the molecule is CCCCCN(C)c1nc2c(s1)C(NCCC)CCC2. The summed E-state index contributed by atoms with van der Waals surface area (Å²) in [5.74, 6) is 0. The molecule has 1 unspecified atom stereocenters. The van der Waals surface area contributed by atoms with E-state index in [0.29, 0.717) is 6.04 Å². The maximum absolute atomic E-state index is 4.89. The van der Waals surface area contributed by atoms with Crippen molar-refractivity contribution < 1.29 is 0 Å². The van der Waals surface area contributed by atoms with E-state index in [9.17, 15) is 0 Å². The first-order valence-corrected chi connectivity index (χ1v) is 9.02. The Morgan fingerprint density at radius 2 is 2.15 bits per heavy atom. The molecule has 1 aliphatic carbocycles. The maximum Gasteiger partial charge on any atom is 0.185 e. The lowest BCUT2D eigenvalue weighted by Gasteiger charge is -2.22. The lowest BCUT2D eigenvalue weighted by Crippen LogP contribution is -2.24.